The van der Waals surface area contributed by atoms with E-state index in [1.165, 1.54) is 18.9 Å². The molecule has 0 aromatic heterocycles. The molecule has 0 bridgehead atoms. The normalized spacial score (nSPS) is 11.2. The third kappa shape index (κ3) is 5.57. The maximum Gasteiger partial charge on any atom is 0.326 e. The molecule has 0 spiro atoms. The van der Waals surface area contributed by atoms with Crippen molar-refractivity contribution >= 4 is 23.5 Å². The molecule has 0 unspecified atom stereocenters. The fourth-order valence-corrected chi connectivity index (χ4v) is 2.34. The summed E-state index contributed by atoms with van der Waals surface area (Å²) < 4.78 is 10.1. The van der Waals surface area contributed by atoms with Crippen molar-refractivity contribution in [2.24, 2.45) is 0 Å². The number of carbonyl (C=O) groups is 3. The van der Waals surface area contributed by atoms with Crippen LogP contribution in [0.2, 0.25) is 0 Å². The molecule has 7 nitrogen and oxygen atoms in total. The van der Waals surface area contributed by atoms with E-state index in [0.29, 0.717) is 17.0 Å². The zero-order chi connectivity index (χ0) is 19.8. The number of amides is 2. The summed E-state index contributed by atoms with van der Waals surface area (Å²) in [5.41, 5.74) is 1.08. The lowest BCUT2D eigenvalue weighted by Crippen LogP contribution is -2.39. The van der Waals surface area contributed by atoms with E-state index in [2.05, 4.69) is 5.32 Å². The van der Waals surface area contributed by atoms with Gasteiger partial charge in [-0.05, 0) is 43.3 Å². The Labute approximate surface area is 157 Å². The Balaban J connectivity index is 1.83. The van der Waals surface area contributed by atoms with E-state index in [0.717, 1.165) is 0 Å². The molecule has 2 aromatic carbocycles. The molecule has 2 rings (SSSR count). The van der Waals surface area contributed by atoms with Crippen LogP contribution in [-0.2, 0) is 14.3 Å². The molecule has 142 valence electrons. The summed E-state index contributed by atoms with van der Waals surface area (Å²) in [7, 11) is 3.14. The number of nitrogens with one attached hydrogen (secondary N) is 1. The van der Waals surface area contributed by atoms with Gasteiger partial charge in [-0.15, -0.1) is 0 Å². The maximum absolute atomic E-state index is 12.3. The van der Waals surface area contributed by atoms with Crippen molar-refractivity contribution < 1.29 is 23.9 Å². The lowest BCUT2D eigenvalue weighted by atomic mass is 10.2. The van der Waals surface area contributed by atoms with Crippen LogP contribution in [0, 0.1) is 0 Å². The second-order valence-electron chi connectivity index (χ2n) is 5.78. The first-order valence-electron chi connectivity index (χ1n) is 8.36. The Bertz CT molecular complexity index is 790. The fourth-order valence-electron chi connectivity index (χ4n) is 2.34. The highest BCUT2D eigenvalue weighted by atomic mass is 16.5. The summed E-state index contributed by atoms with van der Waals surface area (Å²) in [6.45, 7) is 1.16. The number of rotatable bonds is 7. The van der Waals surface area contributed by atoms with Crippen LogP contribution in [0.5, 0.6) is 5.75 Å². The van der Waals surface area contributed by atoms with Crippen LogP contribution in [0.1, 0.15) is 17.3 Å². The number of esters is 1. The smallest absolute Gasteiger partial charge is 0.326 e. The lowest BCUT2D eigenvalue weighted by molar-refractivity contribution is -0.152. The van der Waals surface area contributed by atoms with Crippen molar-refractivity contribution in [2.45, 2.75) is 13.0 Å². The first-order valence-corrected chi connectivity index (χ1v) is 8.36. The van der Waals surface area contributed by atoms with Gasteiger partial charge in [0.2, 0.25) is 0 Å². The molecule has 1 atom stereocenters. The molecule has 0 radical (unpaired) electrons. The number of methoxy groups -OCH3 is 1. The Kier molecular flexibility index (Phi) is 6.93. The second-order valence-corrected chi connectivity index (χ2v) is 5.78. The van der Waals surface area contributed by atoms with Crippen molar-refractivity contribution in [1.82, 2.24) is 5.32 Å². The molecule has 0 saturated heterocycles. The number of benzene rings is 2. The van der Waals surface area contributed by atoms with Gasteiger partial charge in [-0.1, -0.05) is 18.2 Å². The van der Waals surface area contributed by atoms with E-state index in [-0.39, 0.29) is 12.5 Å². The standard InChI is InChI=1S/C20H22N2O5/c1-14(20(25)22(2)16-7-5-4-6-8-16)27-18(23)13-21-19(24)15-9-11-17(26-3)12-10-15/h4-12,14H,13H2,1-3H3,(H,21,24)/t14-/m1/s1. The van der Waals surface area contributed by atoms with Gasteiger partial charge in [0.05, 0.1) is 7.11 Å². The molecule has 0 aliphatic rings. The quantitative estimate of drug-likeness (QED) is 0.754. The minimum absolute atomic E-state index is 0.336. The predicted molar refractivity (Wildman–Crippen MR) is 101 cm³/mol. The largest absolute Gasteiger partial charge is 0.497 e. The molecule has 0 fully saturated rings. The van der Waals surface area contributed by atoms with E-state index in [1.807, 2.05) is 18.2 Å². The molecule has 0 aliphatic carbocycles. The number of ether oxygens (including phenoxy) is 2. The summed E-state index contributed by atoms with van der Waals surface area (Å²) in [5, 5.41) is 2.46. The number of hydrogen-bond acceptors (Lipinski definition) is 5. The van der Waals surface area contributed by atoms with E-state index in [4.69, 9.17) is 9.47 Å². The Morgan fingerprint density at radius 2 is 1.67 bits per heavy atom. The van der Waals surface area contributed by atoms with Gasteiger partial charge in [0.1, 0.15) is 12.3 Å². The highest BCUT2D eigenvalue weighted by Crippen LogP contribution is 2.13. The van der Waals surface area contributed by atoms with Gasteiger partial charge in [0.15, 0.2) is 6.10 Å². The molecule has 7 heteroatoms. The molecular formula is C20H22N2O5. The number of para-hydroxylation sites is 1. The molecule has 0 heterocycles. The lowest BCUT2D eigenvalue weighted by Gasteiger charge is -2.21. The van der Waals surface area contributed by atoms with Crippen molar-refractivity contribution in [2.75, 3.05) is 25.6 Å². The summed E-state index contributed by atoms with van der Waals surface area (Å²) in [6.07, 6.45) is -0.972. The van der Waals surface area contributed by atoms with Crippen LogP contribution < -0.4 is 15.0 Å². The molecule has 0 saturated carbocycles. The van der Waals surface area contributed by atoms with Gasteiger partial charge in [-0.2, -0.15) is 0 Å². The molecule has 2 amide bonds. The SMILES string of the molecule is COc1ccc(C(=O)NCC(=O)O[C@H](C)C(=O)N(C)c2ccccc2)cc1. The number of anilines is 1. The third-order valence-corrected chi connectivity index (χ3v) is 3.88. The van der Waals surface area contributed by atoms with Gasteiger partial charge in [-0.25, -0.2) is 0 Å². The van der Waals surface area contributed by atoms with Crippen LogP contribution in [0.25, 0.3) is 0 Å². The van der Waals surface area contributed by atoms with Gasteiger partial charge in [0.25, 0.3) is 11.8 Å². The van der Waals surface area contributed by atoms with Gasteiger partial charge in [-0.3, -0.25) is 14.4 Å². The zero-order valence-electron chi connectivity index (χ0n) is 15.5. The molecule has 0 aliphatic heterocycles. The minimum atomic E-state index is -0.972. The number of hydrogen-bond donors (Lipinski definition) is 1. The van der Waals surface area contributed by atoms with Crippen LogP contribution in [-0.4, -0.2) is 44.6 Å². The summed E-state index contributed by atoms with van der Waals surface area (Å²) >= 11 is 0. The van der Waals surface area contributed by atoms with Crippen molar-refractivity contribution in [1.29, 1.82) is 0 Å². The van der Waals surface area contributed by atoms with Crippen LogP contribution in [0.3, 0.4) is 0 Å². The molecule has 1 N–H and O–H groups in total. The Morgan fingerprint density at radius 1 is 1.04 bits per heavy atom. The van der Waals surface area contributed by atoms with E-state index >= 15 is 0 Å². The van der Waals surface area contributed by atoms with Crippen molar-refractivity contribution in [3.63, 3.8) is 0 Å². The highest BCUT2D eigenvalue weighted by Gasteiger charge is 2.22. The molecule has 27 heavy (non-hydrogen) atoms. The summed E-state index contributed by atoms with van der Waals surface area (Å²) in [4.78, 5) is 37.7. The van der Waals surface area contributed by atoms with Crippen molar-refractivity contribution in [3.8, 4) is 5.75 Å². The molecular weight excluding hydrogens is 348 g/mol. The summed E-state index contributed by atoms with van der Waals surface area (Å²) in [6, 6.07) is 15.5. The maximum atomic E-state index is 12.3. The summed E-state index contributed by atoms with van der Waals surface area (Å²) in [5.74, 6) is -0.856. The van der Waals surface area contributed by atoms with Crippen LogP contribution >= 0.6 is 0 Å². The van der Waals surface area contributed by atoms with Gasteiger partial charge >= 0.3 is 5.97 Å². The van der Waals surface area contributed by atoms with Crippen LogP contribution in [0.15, 0.2) is 54.6 Å². The van der Waals surface area contributed by atoms with Crippen LogP contribution in [0.4, 0.5) is 5.69 Å². The Morgan fingerprint density at radius 3 is 2.26 bits per heavy atom. The monoisotopic (exact) mass is 370 g/mol. The minimum Gasteiger partial charge on any atom is -0.497 e. The zero-order valence-corrected chi connectivity index (χ0v) is 15.5. The van der Waals surface area contributed by atoms with Gasteiger partial charge in [0, 0.05) is 18.3 Å². The predicted octanol–water partition coefficient (Wildman–Crippen LogP) is 2.02. The van der Waals surface area contributed by atoms with E-state index in [1.54, 1.807) is 43.4 Å². The molecule has 2 aromatic rings. The highest BCUT2D eigenvalue weighted by molar-refractivity contribution is 5.98. The number of nitrogens with zero attached hydrogens (tertiary/aromatic N) is 1. The van der Waals surface area contributed by atoms with Crippen molar-refractivity contribution in [3.05, 3.63) is 60.2 Å². The first-order chi connectivity index (χ1) is 12.9. The first kappa shape index (κ1) is 20.0. The van der Waals surface area contributed by atoms with E-state index < -0.39 is 18.0 Å². The number of likely N-dealkylation sites (N-methyl/N-ethyl adjacent to an activating group) is 1. The van der Waals surface area contributed by atoms with Gasteiger partial charge < -0.3 is 19.7 Å². The number of carbonyl (C=O) groups excluding carboxylic acids is 3. The van der Waals surface area contributed by atoms with E-state index in [9.17, 15) is 14.4 Å². The average molecular weight is 370 g/mol. The topological polar surface area (TPSA) is 84.9 Å². The second kappa shape index (κ2) is 9.38. The third-order valence-electron chi connectivity index (χ3n) is 3.88. The average Bonchev–Trinajstić information content (AvgIpc) is 2.71. The fraction of sp³-hybridized carbons (Fsp3) is 0.250. The Hall–Kier alpha value is -3.35.